The molecule has 10 heteroatoms. The number of sulfonamides is 1. The summed E-state index contributed by atoms with van der Waals surface area (Å²) in [6.45, 7) is 8.17. The van der Waals surface area contributed by atoms with Gasteiger partial charge in [-0.15, -0.1) is 0 Å². The molecule has 0 unspecified atom stereocenters. The summed E-state index contributed by atoms with van der Waals surface area (Å²) in [5, 5.41) is -0.0740. The zero-order valence-corrected chi connectivity index (χ0v) is 15.8. The Morgan fingerprint density at radius 1 is 1.20 bits per heavy atom. The summed E-state index contributed by atoms with van der Waals surface area (Å²) < 4.78 is 40.0. The van der Waals surface area contributed by atoms with Gasteiger partial charge in [0, 0.05) is 19.2 Å². The molecular formula is C15H23N5O4S. The minimum atomic E-state index is -3.90. The van der Waals surface area contributed by atoms with Gasteiger partial charge in [-0.3, -0.25) is 4.72 Å². The van der Waals surface area contributed by atoms with Crippen LogP contribution in [0.5, 0.6) is 11.9 Å². The van der Waals surface area contributed by atoms with E-state index in [2.05, 4.69) is 19.7 Å². The number of aryl methyl sites for hydroxylation is 1. The molecule has 0 saturated heterocycles. The van der Waals surface area contributed by atoms with Crippen molar-refractivity contribution in [1.82, 2.24) is 19.5 Å². The van der Waals surface area contributed by atoms with Crippen LogP contribution in [0.1, 0.15) is 39.4 Å². The molecule has 0 amide bonds. The molecule has 0 radical (unpaired) electrons. The fourth-order valence-corrected chi connectivity index (χ4v) is 3.23. The standard InChI is InChI=1S/C15H23N5O4S/c1-6-23-14-11(8-16-15(18-14)24-7-2)19-25(21,22)12-9-20(5)13(17-12)10(3)4/h8-10,19H,6-7H2,1-5H3. The van der Waals surface area contributed by atoms with Crippen LogP contribution in [-0.2, 0) is 17.1 Å². The molecule has 0 aliphatic rings. The Kier molecular flexibility index (Phi) is 5.83. The maximum Gasteiger partial charge on any atom is 0.319 e. The minimum absolute atomic E-state index is 0.0740. The molecule has 0 saturated carbocycles. The van der Waals surface area contributed by atoms with E-state index in [9.17, 15) is 8.42 Å². The molecule has 25 heavy (non-hydrogen) atoms. The lowest BCUT2D eigenvalue weighted by Gasteiger charge is -2.11. The van der Waals surface area contributed by atoms with Crippen LogP contribution in [-0.4, -0.2) is 41.2 Å². The highest BCUT2D eigenvalue weighted by atomic mass is 32.2. The molecule has 0 fully saturated rings. The fourth-order valence-electron chi connectivity index (χ4n) is 2.18. The molecule has 2 rings (SSSR count). The average molecular weight is 369 g/mol. The summed E-state index contributed by atoms with van der Waals surface area (Å²) in [5.41, 5.74) is 0.127. The van der Waals surface area contributed by atoms with Gasteiger partial charge in [0.2, 0.25) is 5.88 Å². The van der Waals surface area contributed by atoms with Crippen molar-refractivity contribution in [3.05, 3.63) is 18.2 Å². The lowest BCUT2D eigenvalue weighted by Crippen LogP contribution is -2.15. The number of anilines is 1. The quantitative estimate of drug-likeness (QED) is 0.757. The van der Waals surface area contributed by atoms with Crippen molar-refractivity contribution >= 4 is 15.7 Å². The van der Waals surface area contributed by atoms with E-state index < -0.39 is 10.0 Å². The predicted octanol–water partition coefficient (Wildman–Crippen LogP) is 1.93. The number of hydrogen-bond acceptors (Lipinski definition) is 7. The van der Waals surface area contributed by atoms with Crippen LogP contribution >= 0.6 is 0 Å². The Morgan fingerprint density at radius 2 is 1.88 bits per heavy atom. The first kappa shape index (κ1) is 19.0. The number of ether oxygens (including phenoxy) is 2. The number of imidazole rings is 1. The number of hydrogen-bond donors (Lipinski definition) is 1. The van der Waals surface area contributed by atoms with Gasteiger partial charge in [-0.1, -0.05) is 13.8 Å². The third kappa shape index (κ3) is 4.38. The van der Waals surface area contributed by atoms with Gasteiger partial charge in [0.05, 0.1) is 19.4 Å². The molecule has 2 aromatic heterocycles. The van der Waals surface area contributed by atoms with Crippen molar-refractivity contribution in [2.45, 2.75) is 38.6 Å². The number of rotatable bonds is 8. The van der Waals surface area contributed by atoms with Crippen LogP contribution < -0.4 is 14.2 Å². The van der Waals surface area contributed by atoms with E-state index in [-0.39, 0.29) is 28.5 Å². The van der Waals surface area contributed by atoms with Crippen molar-refractivity contribution in [2.75, 3.05) is 17.9 Å². The number of nitrogens with zero attached hydrogens (tertiary/aromatic N) is 4. The highest BCUT2D eigenvalue weighted by Crippen LogP contribution is 2.26. The van der Waals surface area contributed by atoms with Crippen LogP contribution in [0.25, 0.3) is 0 Å². The van der Waals surface area contributed by atoms with E-state index in [1.165, 1.54) is 12.4 Å². The first-order valence-corrected chi connectivity index (χ1v) is 9.45. The summed E-state index contributed by atoms with van der Waals surface area (Å²) in [6.07, 6.45) is 2.78. The van der Waals surface area contributed by atoms with Crippen LogP contribution in [0.3, 0.4) is 0 Å². The molecule has 9 nitrogen and oxygen atoms in total. The molecule has 0 aromatic carbocycles. The maximum absolute atomic E-state index is 12.6. The predicted molar refractivity (Wildman–Crippen MR) is 92.5 cm³/mol. The lowest BCUT2D eigenvalue weighted by molar-refractivity contribution is 0.290. The van der Waals surface area contributed by atoms with E-state index in [1.54, 1.807) is 25.5 Å². The monoisotopic (exact) mass is 369 g/mol. The summed E-state index contributed by atoms with van der Waals surface area (Å²) >= 11 is 0. The van der Waals surface area contributed by atoms with Gasteiger partial charge in [0.25, 0.3) is 10.0 Å². The highest BCUT2D eigenvalue weighted by Gasteiger charge is 2.23. The lowest BCUT2D eigenvalue weighted by atomic mass is 10.2. The molecule has 0 aliphatic carbocycles. The molecule has 1 N–H and O–H groups in total. The van der Waals surface area contributed by atoms with Gasteiger partial charge in [0.1, 0.15) is 11.5 Å². The Bertz CT molecular complexity index is 832. The van der Waals surface area contributed by atoms with Crippen molar-refractivity contribution in [2.24, 2.45) is 7.05 Å². The SMILES string of the molecule is CCOc1ncc(NS(=O)(=O)c2cn(C)c(C(C)C)n2)c(OCC)n1. The van der Waals surface area contributed by atoms with Gasteiger partial charge in [-0.25, -0.2) is 9.97 Å². The second-order valence-corrected chi connectivity index (χ2v) is 7.18. The number of nitrogens with one attached hydrogen (secondary N) is 1. The Labute approximate surface area is 147 Å². The van der Waals surface area contributed by atoms with E-state index >= 15 is 0 Å². The Hall–Kier alpha value is -2.36. The number of aromatic nitrogens is 4. The van der Waals surface area contributed by atoms with Crippen LogP contribution in [0.4, 0.5) is 5.69 Å². The van der Waals surface area contributed by atoms with E-state index in [0.29, 0.717) is 19.0 Å². The average Bonchev–Trinajstić information content (AvgIpc) is 2.93. The second kappa shape index (κ2) is 7.68. The maximum atomic E-state index is 12.6. The van der Waals surface area contributed by atoms with Crippen molar-refractivity contribution in [1.29, 1.82) is 0 Å². The molecule has 0 atom stereocenters. The minimum Gasteiger partial charge on any atom is -0.476 e. The van der Waals surface area contributed by atoms with Gasteiger partial charge < -0.3 is 14.0 Å². The molecule has 2 aromatic rings. The largest absolute Gasteiger partial charge is 0.476 e. The van der Waals surface area contributed by atoms with Gasteiger partial charge in [-0.05, 0) is 13.8 Å². The summed E-state index contributed by atoms with van der Waals surface area (Å²) in [4.78, 5) is 12.3. The fraction of sp³-hybridized carbons (Fsp3) is 0.533. The van der Waals surface area contributed by atoms with Gasteiger partial charge in [-0.2, -0.15) is 13.4 Å². The zero-order chi connectivity index (χ0) is 18.6. The first-order valence-electron chi connectivity index (χ1n) is 7.97. The molecule has 0 spiro atoms. The molecule has 0 aliphatic heterocycles. The molecule has 0 bridgehead atoms. The second-order valence-electron chi connectivity index (χ2n) is 5.55. The van der Waals surface area contributed by atoms with E-state index in [1.807, 2.05) is 13.8 Å². The van der Waals surface area contributed by atoms with Crippen molar-refractivity contribution in [3.63, 3.8) is 0 Å². The van der Waals surface area contributed by atoms with E-state index in [0.717, 1.165) is 0 Å². The van der Waals surface area contributed by atoms with Crippen LogP contribution in [0.15, 0.2) is 17.4 Å². The highest BCUT2D eigenvalue weighted by molar-refractivity contribution is 7.92. The Morgan fingerprint density at radius 3 is 2.44 bits per heavy atom. The third-order valence-corrected chi connectivity index (χ3v) is 4.45. The first-order chi connectivity index (χ1) is 11.8. The smallest absolute Gasteiger partial charge is 0.319 e. The van der Waals surface area contributed by atoms with Gasteiger partial charge >= 0.3 is 6.01 Å². The normalized spacial score (nSPS) is 11.6. The van der Waals surface area contributed by atoms with Crippen molar-refractivity contribution < 1.29 is 17.9 Å². The summed E-state index contributed by atoms with van der Waals surface area (Å²) in [5.74, 6) is 0.875. The Balaban J connectivity index is 2.35. The zero-order valence-electron chi connectivity index (χ0n) is 15.0. The summed E-state index contributed by atoms with van der Waals surface area (Å²) in [7, 11) is -2.14. The topological polar surface area (TPSA) is 108 Å². The van der Waals surface area contributed by atoms with E-state index in [4.69, 9.17) is 9.47 Å². The van der Waals surface area contributed by atoms with Gasteiger partial charge in [0.15, 0.2) is 5.03 Å². The van der Waals surface area contributed by atoms with Crippen LogP contribution in [0.2, 0.25) is 0 Å². The molecule has 2 heterocycles. The van der Waals surface area contributed by atoms with Crippen LogP contribution in [0, 0.1) is 0 Å². The summed E-state index contributed by atoms with van der Waals surface area (Å²) in [6, 6.07) is 0.119. The molecular weight excluding hydrogens is 346 g/mol. The molecule has 138 valence electrons. The third-order valence-electron chi connectivity index (χ3n) is 3.21. The van der Waals surface area contributed by atoms with Crippen molar-refractivity contribution in [3.8, 4) is 11.9 Å².